The first-order chi connectivity index (χ1) is 16.8. The van der Waals surface area contributed by atoms with Crippen LogP contribution in [-0.2, 0) is 22.5 Å². The van der Waals surface area contributed by atoms with Gasteiger partial charge in [0.25, 0.3) is 5.56 Å². The van der Waals surface area contributed by atoms with Crippen LogP contribution < -0.4 is 15.0 Å². The molecular weight excluding hydrogens is 454 g/mol. The Balaban J connectivity index is 1.74. The van der Waals surface area contributed by atoms with Crippen molar-refractivity contribution in [3.05, 3.63) is 75.2 Å². The highest BCUT2D eigenvalue weighted by atomic mass is 16.6. The average molecular weight is 482 g/mol. The van der Waals surface area contributed by atoms with Gasteiger partial charge in [0.15, 0.2) is 23.0 Å². The van der Waals surface area contributed by atoms with Gasteiger partial charge in [0.1, 0.15) is 19.0 Å². The SMILES string of the molecule is COC(=O)C[C@H](c1ccc2c(c1)OCCO2)c1c(O)cc(C)n(CCc2ccc(O)c(O)c2)c1=O. The highest BCUT2D eigenvalue weighted by Gasteiger charge is 2.28. The lowest BCUT2D eigenvalue weighted by Crippen LogP contribution is -2.29. The summed E-state index contributed by atoms with van der Waals surface area (Å²) in [5.74, 6) is -0.920. The summed E-state index contributed by atoms with van der Waals surface area (Å²) >= 11 is 0. The van der Waals surface area contributed by atoms with Gasteiger partial charge in [-0.25, -0.2) is 0 Å². The summed E-state index contributed by atoms with van der Waals surface area (Å²) < 4.78 is 17.6. The summed E-state index contributed by atoms with van der Waals surface area (Å²) in [5.41, 5.74) is 1.50. The third-order valence-corrected chi connectivity index (χ3v) is 6.10. The Morgan fingerprint density at radius 1 is 1.00 bits per heavy atom. The van der Waals surface area contributed by atoms with Gasteiger partial charge in [0.05, 0.1) is 19.1 Å². The first-order valence-corrected chi connectivity index (χ1v) is 11.2. The van der Waals surface area contributed by atoms with E-state index in [1.165, 1.54) is 29.9 Å². The maximum Gasteiger partial charge on any atom is 0.306 e. The van der Waals surface area contributed by atoms with Gasteiger partial charge in [-0.15, -0.1) is 0 Å². The summed E-state index contributed by atoms with van der Waals surface area (Å²) in [4.78, 5) is 25.9. The number of benzene rings is 2. The van der Waals surface area contributed by atoms with Crippen LogP contribution in [0.25, 0.3) is 0 Å². The molecule has 0 saturated heterocycles. The summed E-state index contributed by atoms with van der Waals surface area (Å²) in [6, 6.07) is 11.1. The first kappa shape index (κ1) is 24.0. The minimum Gasteiger partial charge on any atom is -0.507 e. The van der Waals surface area contributed by atoms with Crippen molar-refractivity contribution in [2.75, 3.05) is 20.3 Å². The van der Waals surface area contributed by atoms with Crippen LogP contribution in [0.5, 0.6) is 28.7 Å². The molecule has 1 aliphatic rings. The van der Waals surface area contributed by atoms with Crippen molar-refractivity contribution in [3.63, 3.8) is 0 Å². The maximum atomic E-state index is 13.6. The summed E-state index contributed by atoms with van der Waals surface area (Å²) in [6.45, 7) is 2.78. The third kappa shape index (κ3) is 5.03. The van der Waals surface area contributed by atoms with Crippen molar-refractivity contribution in [1.82, 2.24) is 4.57 Å². The molecule has 4 rings (SSSR count). The molecule has 0 amide bonds. The van der Waals surface area contributed by atoms with Crippen LogP contribution in [0.2, 0.25) is 0 Å². The number of carbonyl (C=O) groups excluding carboxylic acids is 1. The second-order valence-corrected chi connectivity index (χ2v) is 8.35. The molecule has 0 bridgehead atoms. The number of aryl methyl sites for hydroxylation is 2. The minimum atomic E-state index is -0.782. The fraction of sp³-hybridized carbons (Fsp3) is 0.308. The van der Waals surface area contributed by atoms with Gasteiger partial charge in [-0.05, 0) is 54.8 Å². The van der Waals surface area contributed by atoms with E-state index < -0.39 is 17.4 Å². The highest BCUT2D eigenvalue weighted by Crippen LogP contribution is 2.38. The molecule has 184 valence electrons. The first-order valence-electron chi connectivity index (χ1n) is 11.2. The average Bonchev–Trinajstić information content (AvgIpc) is 2.84. The van der Waals surface area contributed by atoms with Gasteiger partial charge in [0.2, 0.25) is 0 Å². The van der Waals surface area contributed by atoms with E-state index in [0.29, 0.717) is 42.4 Å². The van der Waals surface area contributed by atoms with Gasteiger partial charge in [-0.2, -0.15) is 0 Å². The van der Waals surface area contributed by atoms with Crippen LogP contribution in [0.4, 0.5) is 0 Å². The molecule has 2 heterocycles. The zero-order chi connectivity index (χ0) is 25.1. The topological polar surface area (TPSA) is 127 Å². The van der Waals surface area contributed by atoms with Crippen molar-refractivity contribution >= 4 is 5.97 Å². The molecule has 2 aromatic carbocycles. The lowest BCUT2D eigenvalue weighted by molar-refractivity contribution is -0.140. The van der Waals surface area contributed by atoms with Crippen LogP contribution in [-0.4, -0.2) is 46.2 Å². The number of hydrogen-bond donors (Lipinski definition) is 3. The molecule has 0 saturated carbocycles. The smallest absolute Gasteiger partial charge is 0.306 e. The predicted molar refractivity (Wildman–Crippen MR) is 126 cm³/mol. The highest BCUT2D eigenvalue weighted by molar-refractivity contribution is 5.71. The van der Waals surface area contributed by atoms with E-state index in [-0.39, 0.29) is 35.8 Å². The van der Waals surface area contributed by atoms with Crippen molar-refractivity contribution in [1.29, 1.82) is 0 Å². The number of aromatic hydroxyl groups is 3. The Labute approximate surface area is 201 Å². The Kier molecular flexibility index (Phi) is 6.86. The lowest BCUT2D eigenvalue weighted by atomic mass is 9.88. The Morgan fingerprint density at radius 2 is 1.74 bits per heavy atom. The largest absolute Gasteiger partial charge is 0.507 e. The number of methoxy groups -OCH3 is 1. The van der Waals surface area contributed by atoms with Gasteiger partial charge >= 0.3 is 5.97 Å². The van der Waals surface area contributed by atoms with Crippen LogP contribution in [0, 0.1) is 6.92 Å². The number of hydrogen-bond acceptors (Lipinski definition) is 8. The molecule has 9 heteroatoms. The molecule has 1 atom stereocenters. The van der Waals surface area contributed by atoms with Crippen molar-refractivity contribution < 1.29 is 34.3 Å². The number of phenols is 2. The van der Waals surface area contributed by atoms with E-state index in [1.54, 1.807) is 31.2 Å². The molecule has 0 spiro atoms. The van der Waals surface area contributed by atoms with E-state index in [0.717, 1.165) is 5.56 Å². The van der Waals surface area contributed by atoms with Crippen LogP contribution >= 0.6 is 0 Å². The zero-order valence-corrected chi connectivity index (χ0v) is 19.5. The summed E-state index contributed by atoms with van der Waals surface area (Å²) in [7, 11) is 1.27. The van der Waals surface area contributed by atoms with E-state index in [4.69, 9.17) is 14.2 Å². The van der Waals surface area contributed by atoms with Gasteiger partial charge in [0, 0.05) is 18.2 Å². The molecule has 3 N–H and O–H groups in total. The Morgan fingerprint density at radius 3 is 2.46 bits per heavy atom. The molecule has 0 fully saturated rings. The minimum absolute atomic E-state index is 0.0752. The van der Waals surface area contributed by atoms with E-state index >= 15 is 0 Å². The molecule has 1 aliphatic heterocycles. The van der Waals surface area contributed by atoms with E-state index in [9.17, 15) is 24.9 Å². The monoisotopic (exact) mass is 481 g/mol. The van der Waals surface area contributed by atoms with Gasteiger partial charge in [-0.3, -0.25) is 9.59 Å². The lowest BCUT2D eigenvalue weighted by Gasteiger charge is -2.23. The quantitative estimate of drug-likeness (QED) is 0.347. The number of pyridine rings is 1. The molecule has 0 aliphatic carbocycles. The number of fused-ring (bicyclic) bond motifs is 1. The molecule has 0 radical (unpaired) electrons. The van der Waals surface area contributed by atoms with Gasteiger partial charge < -0.3 is 34.1 Å². The number of esters is 1. The maximum absolute atomic E-state index is 13.6. The number of ether oxygens (including phenoxy) is 3. The molecular formula is C26H27NO8. The number of aromatic nitrogens is 1. The van der Waals surface area contributed by atoms with Crippen LogP contribution in [0.3, 0.4) is 0 Å². The zero-order valence-electron chi connectivity index (χ0n) is 19.5. The molecule has 35 heavy (non-hydrogen) atoms. The summed E-state index contributed by atoms with van der Waals surface area (Å²) in [5, 5.41) is 30.1. The molecule has 0 unspecified atom stereocenters. The molecule has 1 aromatic heterocycles. The van der Waals surface area contributed by atoms with Crippen molar-refractivity contribution in [2.45, 2.75) is 32.2 Å². The van der Waals surface area contributed by atoms with Crippen molar-refractivity contribution in [2.24, 2.45) is 0 Å². The fourth-order valence-electron chi connectivity index (χ4n) is 4.25. The number of phenolic OH excluding ortho intramolecular Hbond substituents is 2. The fourth-order valence-corrected chi connectivity index (χ4v) is 4.25. The van der Waals surface area contributed by atoms with Crippen LogP contribution in [0.15, 0.2) is 47.3 Å². The predicted octanol–water partition coefficient (Wildman–Crippen LogP) is 2.98. The normalized spacial score (nSPS) is 13.3. The number of rotatable bonds is 7. The van der Waals surface area contributed by atoms with Crippen molar-refractivity contribution in [3.8, 4) is 28.7 Å². The number of nitrogens with zero attached hydrogens (tertiary/aromatic N) is 1. The Bertz CT molecular complexity index is 1310. The van der Waals surface area contributed by atoms with E-state index in [1.807, 2.05) is 0 Å². The number of carbonyl (C=O) groups is 1. The van der Waals surface area contributed by atoms with Gasteiger partial charge in [-0.1, -0.05) is 12.1 Å². The molecule has 9 nitrogen and oxygen atoms in total. The second-order valence-electron chi connectivity index (χ2n) is 8.35. The third-order valence-electron chi connectivity index (χ3n) is 6.10. The summed E-state index contributed by atoms with van der Waals surface area (Å²) in [6.07, 6.45) is 0.234. The molecule has 3 aromatic rings. The van der Waals surface area contributed by atoms with E-state index in [2.05, 4.69) is 0 Å². The van der Waals surface area contributed by atoms with Crippen LogP contribution in [0.1, 0.15) is 34.7 Å². The Hall–Kier alpha value is -4.14. The standard InChI is InChI=1S/C26H27NO8/c1-15-11-21(30)25(26(32)27(15)8-7-16-3-5-19(28)20(29)12-16)18(14-24(31)33-2)17-4-6-22-23(13-17)35-10-9-34-22/h3-6,11-13,18,28-30H,7-10,14H2,1-2H3/t18-/m1/s1. The second kappa shape index (κ2) is 10.0.